The van der Waals surface area contributed by atoms with Crippen LogP contribution in [0.5, 0.6) is 0 Å². The molecule has 0 saturated heterocycles. The Labute approximate surface area is 145 Å². The smallest absolute Gasteiger partial charge is 0.305 e. The molecule has 4 nitrogen and oxygen atoms in total. The lowest BCUT2D eigenvalue weighted by Crippen LogP contribution is -2.29. The van der Waals surface area contributed by atoms with Crippen molar-refractivity contribution in [3.63, 3.8) is 0 Å². The number of carboxylic acid groups (broad SMARTS) is 1. The SMILES string of the molecule is O=C(O)CC1c2ccccc2C(=O)N1Cc1cccc2ccccc12. The lowest BCUT2D eigenvalue weighted by Gasteiger charge is -2.25. The Balaban J connectivity index is 1.76. The van der Waals surface area contributed by atoms with E-state index in [1.54, 1.807) is 11.0 Å². The van der Waals surface area contributed by atoms with E-state index in [1.807, 2.05) is 60.7 Å². The fourth-order valence-corrected chi connectivity index (χ4v) is 3.63. The van der Waals surface area contributed by atoms with E-state index in [1.165, 1.54) is 0 Å². The number of fused-ring (bicyclic) bond motifs is 2. The van der Waals surface area contributed by atoms with Crippen LogP contribution in [0.15, 0.2) is 66.7 Å². The van der Waals surface area contributed by atoms with E-state index in [2.05, 4.69) is 0 Å². The average molecular weight is 331 g/mol. The molecule has 4 rings (SSSR count). The van der Waals surface area contributed by atoms with Crippen molar-refractivity contribution in [3.8, 4) is 0 Å². The Kier molecular flexibility index (Phi) is 3.73. The molecule has 0 spiro atoms. The van der Waals surface area contributed by atoms with E-state index < -0.39 is 12.0 Å². The predicted molar refractivity (Wildman–Crippen MR) is 95.3 cm³/mol. The van der Waals surface area contributed by atoms with Gasteiger partial charge in [0.1, 0.15) is 0 Å². The van der Waals surface area contributed by atoms with Crippen LogP contribution in [0.25, 0.3) is 10.8 Å². The summed E-state index contributed by atoms with van der Waals surface area (Å²) in [6.45, 7) is 0.396. The summed E-state index contributed by atoms with van der Waals surface area (Å²) in [5, 5.41) is 11.5. The van der Waals surface area contributed by atoms with Crippen LogP contribution in [0.4, 0.5) is 0 Å². The van der Waals surface area contributed by atoms with Crippen molar-refractivity contribution in [1.29, 1.82) is 0 Å². The second-order valence-corrected chi connectivity index (χ2v) is 6.27. The van der Waals surface area contributed by atoms with Crippen molar-refractivity contribution in [1.82, 2.24) is 4.90 Å². The minimum absolute atomic E-state index is 0.0898. The van der Waals surface area contributed by atoms with Crippen molar-refractivity contribution >= 4 is 22.6 Å². The van der Waals surface area contributed by atoms with Gasteiger partial charge in [-0.25, -0.2) is 0 Å². The Morgan fingerprint density at radius 3 is 2.52 bits per heavy atom. The molecule has 0 aliphatic carbocycles. The molecule has 4 heteroatoms. The van der Waals surface area contributed by atoms with Gasteiger partial charge in [0.2, 0.25) is 0 Å². The number of carboxylic acids is 1. The lowest BCUT2D eigenvalue weighted by atomic mass is 10.0. The predicted octanol–water partition coefficient (Wildman–Crippen LogP) is 4.01. The highest BCUT2D eigenvalue weighted by atomic mass is 16.4. The molecule has 1 amide bonds. The fraction of sp³-hybridized carbons (Fsp3) is 0.143. The molecule has 0 bridgehead atoms. The van der Waals surface area contributed by atoms with E-state index in [9.17, 15) is 14.7 Å². The van der Waals surface area contributed by atoms with E-state index in [4.69, 9.17) is 0 Å². The number of carbonyl (C=O) groups excluding carboxylic acids is 1. The summed E-state index contributed by atoms with van der Waals surface area (Å²) >= 11 is 0. The van der Waals surface area contributed by atoms with Gasteiger partial charge in [-0.1, -0.05) is 60.7 Å². The topological polar surface area (TPSA) is 57.6 Å². The zero-order valence-electron chi connectivity index (χ0n) is 13.6. The van der Waals surface area contributed by atoms with Gasteiger partial charge >= 0.3 is 5.97 Å². The van der Waals surface area contributed by atoms with E-state index >= 15 is 0 Å². The van der Waals surface area contributed by atoms with Gasteiger partial charge in [0, 0.05) is 12.1 Å². The number of benzene rings is 3. The Morgan fingerprint density at radius 2 is 1.68 bits per heavy atom. The third-order valence-electron chi connectivity index (χ3n) is 4.78. The quantitative estimate of drug-likeness (QED) is 0.786. The zero-order valence-corrected chi connectivity index (χ0v) is 13.6. The van der Waals surface area contributed by atoms with Gasteiger partial charge in [0.25, 0.3) is 5.91 Å². The summed E-state index contributed by atoms with van der Waals surface area (Å²) in [5.41, 5.74) is 2.43. The van der Waals surface area contributed by atoms with Crippen LogP contribution in [0.3, 0.4) is 0 Å². The van der Waals surface area contributed by atoms with Crippen LogP contribution in [0, 0.1) is 0 Å². The number of aliphatic carboxylic acids is 1. The van der Waals surface area contributed by atoms with Crippen LogP contribution in [-0.2, 0) is 11.3 Å². The molecule has 1 unspecified atom stereocenters. The normalized spacial score (nSPS) is 16.2. The van der Waals surface area contributed by atoms with Gasteiger partial charge in [0.15, 0.2) is 0 Å². The van der Waals surface area contributed by atoms with Gasteiger partial charge < -0.3 is 10.0 Å². The number of hydrogen-bond acceptors (Lipinski definition) is 2. The van der Waals surface area contributed by atoms with Crippen LogP contribution in [0.1, 0.15) is 33.9 Å². The summed E-state index contributed by atoms with van der Waals surface area (Å²) in [7, 11) is 0. The van der Waals surface area contributed by atoms with Crippen molar-refractivity contribution in [2.75, 3.05) is 0 Å². The Morgan fingerprint density at radius 1 is 0.960 bits per heavy atom. The van der Waals surface area contributed by atoms with Crippen LogP contribution in [0.2, 0.25) is 0 Å². The van der Waals surface area contributed by atoms with Crippen LogP contribution >= 0.6 is 0 Å². The van der Waals surface area contributed by atoms with E-state index in [0.717, 1.165) is 21.9 Å². The van der Waals surface area contributed by atoms with Crippen molar-refractivity contribution in [2.45, 2.75) is 19.0 Å². The highest BCUT2D eigenvalue weighted by Crippen LogP contribution is 2.37. The summed E-state index contributed by atoms with van der Waals surface area (Å²) in [5.74, 6) is -1.01. The van der Waals surface area contributed by atoms with Gasteiger partial charge in [-0.05, 0) is 28.0 Å². The maximum Gasteiger partial charge on any atom is 0.305 e. The molecular weight excluding hydrogens is 314 g/mol. The number of nitrogens with zero attached hydrogens (tertiary/aromatic N) is 1. The first-order valence-corrected chi connectivity index (χ1v) is 8.23. The first-order valence-electron chi connectivity index (χ1n) is 8.23. The minimum Gasteiger partial charge on any atom is -0.481 e. The van der Waals surface area contributed by atoms with Gasteiger partial charge in [-0.2, -0.15) is 0 Å². The molecule has 1 aliphatic heterocycles. The molecule has 0 saturated carbocycles. The first kappa shape index (κ1) is 15.4. The van der Waals surface area contributed by atoms with Crippen LogP contribution < -0.4 is 0 Å². The molecule has 1 N–H and O–H groups in total. The summed E-state index contributed by atoms with van der Waals surface area (Å²) in [6, 6.07) is 20.9. The third kappa shape index (κ3) is 2.66. The van der Waals surface area contributed by atoms with Gasteiger partial charge in [-0.15, -0.1) is 0 Å². The van der Waals surface area contributed by atoms with Crippen LogP contribution in [-0.4, -0.2) is 21.9 Å². The minimum atomic E-state index is -0.905. The molecule has 1 aliphatic rings. The summed E-state index contributed by atoms with van der Waals surface area (Å²) in [6.07, 6.45) is -0.0898. The molecule has 3 aromatic carbocycles. The number of rotatable bonds is 4. The molecule has 1 heterocycles. The number of hydrogen-bond donors (Lipinski definition) is 1. The largest absolute Gasteiger partial charge is 0.481 e. The molecule has 25 heavy (non-hydrogen) atoms. The molecule has 0 fully saturated rings. The highest BCUT2D eigenvalue weighted by molar-refractivity contribution is 6.00. The molecular formula is C21H17NO3. The van der Waals surface area contributed by atoms with Crippen molar-refractivity contribution in [2.24, 2.45) is 0 Å². The van der Waals surface area contributed by atoms with Gasteiger partial charge in [-0.3, -0.25) is 9.59 Å². The molecule has 0 aromatic heterocycles. The highest BCUT2D eigenvalue weighted by Gasteiger charge is 2.37. The molecule has 3 aromatic rings. The van der Waals surface area contributed by atoms with E-state index in [-0.39, 0.29) is 12.3 Å². The number of carbonyl (C=O) groups is 2. The second-order valence-electron chi connectivity index (χ2n) is 6.27. The molecule has 1 atom stereocenters. The first-order chi connectivity index (χ1) is 12.1. The number of amides is 1. The Bertz CT molecular complexity index is 974. The maximum atomic E-state index is 12.9. The lowest BCUT2D eigenvalue weighted by molar-refractivity contribution is -0.138. The molecule has 124 valence electrons. The van der Waals surface area contributed by atoms with Crippen molar-refractivity contribution in [3.05, 3.63) is 83.4 Å². The average Bonchev–Trinajstić information content (AvgIpc) is 2.88. The second kappa shape index (κ2) is 6.06. The molecule has 0 radical (unpaired) electrons. The zero-order chi connectivity index (χ0) is 17.4. The summed E-state index contributed by atoms with van der Waals surface area (Å²) in [4.78, 5) is 25.9. The maximum absolute atomic E-state index is 12.9. The van der Waals surface area contributed by atoms with Crippen molar-refractivity contribution < 1.29 is 14.7 Å². The monoisotopic (exact) mass is 331 g/mol. The third-order valence-corrected chi connectivity index (χ3v) is 4.78. The summed E-state index contributed by atoms with van der Waals surface area (Å²) < 4.78 is 0. The van der Waals surface area contributed by atoms with Gasteiger partial charge in [0.05, 0.1) is 12.5 Å². The Hall–Kier alpha value is -3.14. The fourth-order valence-electron chi connectivity index (χ4n) is 3.63. The van der Waals surface area contributed by atoms with E-state index in [0.29, 0.717) is 12.1 Å². The standard InChI is InChI=1S/C21H17NO3/c23-20(24)12-19-17-10-3-4-11-18(17)21(25)22(19)13-15-8-5-7-14-6-1-2-9-16(14)15/h1-11,19H,12-13H2,(H,23,24).